The lowest BCUT2D eigenvalue weighted by molar-refractivity contribution is -0.117. The highest BCUT2D eigenvalue weighted by atomic mass is 79.9. The van der Waals surface area contributed by atoms with Crippen molar-refractivity contribution in [2.24, 2.45) is 5.14 Å². The maximum absolute atomic E-state index is 11.9. The summed E-state index contributed by atoms with van der Waals surface area (Å²) >= 11 is 3.23. The topological polar surface area (TPSA) is 104 Å². The third kappa shape index (κ3) is 2.78. The van der Waals surface area contributed by atoms with E-state index in [1.165, 1.54) is 4.90 Å². The number of rotatable bonds is 2. The molecule has 100 valence electrons. The molecule has 2 rings (SSSR count). The number of nitriles is 1. The van der Waals surface area contributed by atoms with Gasteiger partial charge in [-0.2, -0.15) is 5.26 Å². The number of nitrogens with two attached hydrogens (primary N) is 1. The van der Waals surface area contributed by atoms with Crippen LogP contribution in [0.15, 0.2) is 22.7 Å². The zero-order chi connectivity index (χ0) is 14.2. The van der Waals surface area contributed by atoms with E-state index in [0.29, 0.717) is 15.7 Å². The second-order valence-electron chi connectivity index (χ2n) is 4.19. The Morgan fingerprint density at radius 3 is 2.68 bits per heavy atom. The molecule has 1 aromatic rings. The smallest absolute Gasteiger partial charge is 0.228 e. The lowest BCUT2D eigenvalue weighted by Crippen LogP contribution is -2.32. The van der Waals surface area contributed by atoms with Crippen molar-refractivity contribution < 1.29 is 13.2 Å². The van der Waals surface area contributed by atoms with E-state index in [9.17, 15) is 13.2 Å². The molecule has 0 spiro atoms. The third-order valence-corrected chi connectivity index (χ3v) is 4.66. The summed E-state index contributed by atoms with van der Waals surface area (Å²) in [4.78, 5) is 13.2. The number of benzene rings is 1. The Labute approximate surface area is 119 Å². The van der Waals surface area contributed by atoms with E-state index in [1.54, 1.807) is 18.2 Å². The Morgan fingerprint density at radius 1 is 1.47 bits per heavy atom. The minimum atomic E-state index is -3.76. The van der Waals surface area contributed by atoms with Crippen LogP contribution in [0.4, 0.5) is 5.69 Å². The average Bonchev–Trinajstić information content (AvgIpc) is 2.71. The van der Waals surface area contributed by atoms with Crippen LogP contribution in [0.5, 0.6) is 0 Å². The highest BCUT2D eigenvalue weighted by molar-refractivity contribution is 9.10. The van der Waals surface area contributed by atoms with E-state index < -0.39 is 15.3 Å². The van der Waals surface area contributed by atoms with Gasteiger partial charge < -0.3 is 4.90 Å². The van der Waals surface area contributed by atoms with Crippen molar-refractivity contribution in [3.8, 4) is 6.07 Å². The van der Waals surface area contributed by atoms with Gasteiger partial charge in [0.25, 0.3) is 0 Å². The Bertz CT molecular complexity index is 681. The maximum atomic E-state index is 11.9. The van der Waals surface area contributed by atoms with Gasteiger partial charge in [-0.1, -0.05) is 15.9 Å². The second kappa shape index (κ2) is 4.92. The van der Waals surface area contributed by atoms with Crippen molar-refractivity contribution in [1.82, 2.24) is 0 Å². The number of sulfonamides is 1. The maximum Gasteiger partial charge on any atom is 0.228 e. The molecule has 1 saturated heterocycles. The number of halogens is 1. The van der Waals surface area contributed by atoms with Crippen LogP contribution in [0, 0.1) is 11.3 Å². The number of carbonyl (C=O) groups excluding carboxylic acids is 1. The molecule has 8 heteroatoms. The van der Waals surface area contributed by atoms with E-state index in [0.717, 1.165) is 0 Å². The Hall–Kier alpha value is -1.43. The van der Waals surface area contributed by atoms with Gasteiger partial charge in [-0.25, -0.2) is 13.6 Å². The van der Waals surface area contributed by atoms with E-state index in [-0.39, 0.29) is 18.9 Å². The molecule has 2 N–H and O–H groups in total. The number of amides is 1. The summed E-state index contributed by atoms with van der Waals surface area (Å²) in [7, 11) is -3.76. The Balaban J connectivity index is 2.39. The van der Waals surface area contributed by atoms with Crippen molar-refractivity contribution >= 4 is 37.5 Å². The van der Waals surface area contributed by atoms with Gasteiger partial charge in [0.2, 0.25) is 15.9 Å². The number of nitrogens with zero attached hydrogens (tertiary/aromatic N) is 2. The number of hydrogen-bond donors (Lipinski definition) is 1. The quantitative estimate of drug-likeness (QED) is 0.853. The molecule has 1 fully saturated rings. The van der Waals surface area contributed by atoms with Gasteiger partial charge in [0.15, 0.2) is 0 Å². The molecule has 1 unspecified atom stereocenters. The standard InChI is InChI=1S/C11H10BrN3O3S/c12-8-1-2-10(7(3-8)5-13)15-6-9(4-11(15)16)19(14,17)18/h1-3,9H,4,6H2,(H2,14,17,18). The first-order chi connectivity index (χ1) is 8.82. The minimum absolute atomic E-state index is 0.0199. The lowest BCUT2D eigenvalue weighted by Gasteiger charge is -2.17. The van der Waals surface area contributed by atoms with E-state index in [4.69, 9.17) is 10.4 Å². The van der Waals surface area contributed by atoms with Gasteiger partial charge in [-0.15, -0.1) is 0 Å². The molecule has 1 aromatic carbocycles. The van der Waals surface area contributed by atoms with Crippen LogP contribution >= 0.6 is 15.9 Å². The largest absolute Gasteiger partial charge is 0.310 e. The monoisotopic (exact) mass is 343 g/mol. The fraction of sp³-hybridized carbons (Fsp3) is 0.273. The zero-order valence-electron chi connectivity index (χ0n) is 9.71. The number of carbonyl (C=O) groups is 1. The molecule has 0 aromatic heterocycles. The van der Waals surface area contributed by atoms with Gasteiger partial charge in [0.1, 0.15) is 11.3 Å². The fourth-order valence-corrected chi connectivity index (χ4v) is 3.05. The SMILES string of the molecule is N#Cc1cc(Br)ccc1N1CC(S(N)(=O)=O)CC1=O. The number of anilines is 1. The first-order valence-corrected chi connectivity index (χ1v) is 7.75. The van der Waals surface area contributed by atoms with Crippen LogP contribution < -0.4 is 10.0 Å². The molecular formula is C11H10BrN3O3S. The van der Waals surface area contributed by atoms with Crippen LogP contribution in [0.1, 0.15) is 12.0 Å². The summed E-state index contributed by atoms with van der Waals surface area (Å²) in [5.41, 5.74) is 0.708. The van der Waals surface area contributed by atoms with Gasteiger partial charge in [0.05, 0.1) is 11.3 Å². The molecule has 6 nitrogen and oxygen atoms in total. The van der Waals surface area contributed by atoms with Crippen LogP contribution in [-0.4, -0.2) is 26.1 Å². The second-order valence-corrected chi connectivity index (χ2v) is 6.95. The molecule has 0 bridgehead atoms. The highest BCUT2D eigenvalue weighted by Crippen LogP contribution is 2.29. The third-order valence-electron chi connectivity index (χ3n) is 2.92. The van der Waals surface area contributed by atoms with Gasteiger partial charge in [-0.05, 0) is 18.2 Å². The molecule has 19 heavy (non-hydrogen) atoms. The van der Waals surface area contributed by atoms with Crippen molar-refractivity contribution in [1.29, 1.82) is 5.26 Å². The molecule has 1 amide bonds. The predicted molar refractivity (Wildman–Crippen MR) is 72.7 cm³/mol. The molecular weight excluding hydrogens is 334 g/mol. The summed E-state index contributed by atoms with van der Waals surface area (Å²) in [5.74, 6) is -0.349. The van der Waals surface area contributed by atoms with Crippen molar-refractivity contribution in [2.45, 2.75) is 11.7 Å². The molecule has 1 heterocycles. The van der Waals surface area contributed by atoms with Crippen LogP contribution in [0.2, 0.25) is 0 Å². The van der Waals surface area contributed by atoms with Gasteiger partial charge in [-0.3, -0.25) is 4.79 Å². The summed E-state index contributed by atoms with van der Waals surface area (Å²) in [6.45, 7) is -0.0199. The lowest BCUT2D eigenvalue weighted by atomic mass is 10.2. The van der Waals surface area contributed by atoms with Gasteiger partial charge >= 0.3 is 0 Å². The molecule has 0 radical (unpaired) electrons. The summed E-state index contributed by atoms with van der Waals surface area (Å²) in [6.07, 6.45) is -0.153. The summed E-state index contributed by atoms with van der Waals surface area (Å²) in [6, 6.07) is 6.85. The summed E-state index contributed by atoms with van der Waals surface area (Å²) in [5, 5.41) is 13.2. The first-order valence-electron chi connectivity index (χ1n) is 5.34. The first kappa shape index (κ1) is 14.0. The van der Waals surface area contributed by atoms with Crippen molar-refractivity contribution in [3.63, 3.8) is 0 Å². The normalized spacial score (nSPS) is 19.5. The molecule has 1 aliphatic heterocycles. The number of hydrogen-bond acceptors (Lipinski definition) is 4. The van der Waals surface area contributed by atoms with E-state index in [2.05, 4.69) is 15.9 Å². The fourth-order valence-electron chi connectivity index (χ4n) is 1.96. The molecule has 1 atom stereocenters. The molecule has 0 saturated carbocycles. The van der Waals surface area contributed by atoms with Crippen LogP contribution in [0.3, 0.4) is 0 Å². The Morgan fingerprint density at radius 2 is 2.16 bits per heavy atom. The molecule has 0 aliphatic carbocycles. The van der Waals surface area contributed by atoms with Crippen LogP contribution in [-0.2, 0) is 14.8 Å². The van der Waals surface area contributed by atoms with Crippen molar-refractivity contribution in [3.05, 3.63) is 28.2 Å². The van der Waals surface area contributed by atoms with Gasteiger partial charge in [0, 0.05) is 17.4 Å². The predicted octanol–water partition coefficient (Wildman–Crippen LogP) is 0.715. The highest BCUT2D eigenvalue weighted by Gasteiger charge is 2.37. The van der Waals surface area contributed by atoms with Crippen molar-refractivity contribution in [2.75, 3.05) is 11.4 Å². The minimum Gasteiger partial charge on any atom is -0.310 e. The van der Waals surface area contributed by atoms with E-state index in [1.807, 2.05) is 6.07 Å². The summed E-state index contributed by atoms with van der Waals surface area (Å²) < 4.78 is 23.3. The Kier molecular flexibility index (Phi) is 3.62. The molecule has 1 aliphatic rings. The van der Waals surface area contributed by atoms with Crippen LogP contribution in [0.25, 0.3) is 0 Å². The average molecular weight is 344 g/mol. The number of primary sulfonamides is 1. The van der Waals surface area contributed by atoms with E-state index >= 15 is 0 Å². The zero-order valence-corrected chi connectivity index (χ0v) is 12.1.